The Morgan fingerprint density at radius 1 is 0.485 bits per heavy atom. The second-order valence-corrected chi connectivity index (χ2v) is 27.8. The van der Waals surface area contributed by atoms with Gasteiger partial charge in [0.25, 0.3) is 5.91 Å². The number of hydrogen-bond donors (Lipinski definition) is 23. The molecule has 586 valence electrons. The summed E-state index contributed by atoms with van der Waals surface area (Å²) in [7, 11) is 0. The molecule has 6 rings (SSSR count). The molecule has 23 N–H and O–H groups in total. The summed E-state index contributed by atoms with van der Waals surface area (Å²) in [5.41, 5.74) is 0. The van der Waals surface area contributed by atoms with E-state index in [4.69, 9.17) is 42.6 Å². The van der Waals surface area contributed by atoms with Crippen LogP contribution < -0.4 is 5.32 Å². The van der Waals surface area contributed by atoms with Crippen LogP contribution in [0.3, 0.4) is 0 Å². The first-order valence-electron chi connectivity index (χ1n) is 34.4. The van der Waals surface area contributed by atoms with Crippen molar-refractivity contribution in [2.24, 2.45) is 0 Å². The Bertz CT molecular complexity index is 2500. The summed E-state index contributed by atoms with van der Waals surface area (Å²) in [5.74, 6) is -5.28. The lowest BCUT2D eigenvalue weighted by molar-refractivity contribution is -0.333. The summed E-state index contributed by atoms with van der Waals surface area (Å²) in [4.78, 5) is 68.6. The molecule has 6 fully saturated rings. The van der Waals surface area contributed by atoms with Crippen molar-refractivity contribution < 1.29 is 179 Å². The van der Waals surface area contributed by atoms with Crippen molar-refractivity contribution in [3.63, 3.8) is 0 Å². The number of imide groups is 1. The number of ether oxygens (including phenoxy) is 9. The zero-order valence-corrected chi connectivity index (χ0v) is 56.7. The number of nitrogens with one attached hydrogen (secondary N) is 1. The van der Waals surface area contributed by atoms with Crippen LogP contribution in [0.4, 0.5) is 4.79 Å². The minimum absolute atomic E-state index is 0.0646. The van der Waals surface area contributed by atoms with Crippen molar-refractivity contribution in [2.45, 2.75) is 311 Å². The van der Waals surface area contributed by atoms with Crippen LogP contribution in [0.25, 0.3) is 0 Å². The molecule has 3 amide bonds. The molecule has 0 spiro atoms. The summed E-state index contributed by atoms with van der Waals surface area (Å²) in [6.45, 7) is -3.05. The largest absolute Gasteiger partial charge is 0.454 e. The van der Waals surface area contributed by atoms with Gasteiger partial charge in [0.2, 0.25) is 11.6 Å². The average Bonchev–Trinajstić information content (AvgIpc) is 1.62. The molecular formula is C62H106N2O36S. The van der Waals surface area contributed by atoms with Crippen LogP contribution in [0.2, 0.25) is 0 Å². The molecule has 6 saturated heterocycles. The molecule has 0 saturated carbocycles. The van der Waals surface area contributed by atoms with Crippen LogP contribution in [0.1, 0.15) is 116 Å². The minimum Gasteiger partial charge on any atom is -0.454 e. The van der Waals surface area contributed by atoms with Crippen LogP contribution in [0.5, 0.6) is 0 Å². The van der Waals surface area contributed by atoms with Gasteiger partial charge < -0.3 is 160 Å². The third kappa shape index (κ3) is 23.0. The van der Waals surface area contributed by atoms with Crippen LogP contribution in [0, 0.1) is 0 Å². The van der Waals surface area contributed by atoms with E-state index in [9.17, 15) is 136 Å². The van der Waals surface area contributed by atoms with Crippen LogP contribution in [0.15, 0.2) is 0 Å². The Hall–Kier alpha value is -3.10. The Labute approximate surface area is 585 Å². The molecule has 32 atom stereocenters. The number of urea groups is 1. The molecule has 6 aliphatic rings. The van der Waals surface area contributed by atoms with E-state index in [1.165, 1.54) is 24.6 Å². The molecule has 0 aromatic rings. The maximum Gasteiger partial charge on any atom is 0.324 e. The smallest absolute Gasteiger partial charge is 0.324 e. The number of carbonyl (C=O) groups excluding carboxylic acids is 5. The molecule has 0 aliphatic carbocycles. The monoisotopic (exact) mass is 1490 g/mol. The Kier molecular flexibility index (Phi) is 36.0. The second kappa shape index (κ2) is 41.9. The first kappa shape index (κ1) is 86.8. The molecule has 39 heteroatoms. The van der Waals surface area contributed by atoms with Gasteiger partial charge in [0, 0.05) is 17.4 Å². The van der Waals surface area contributed by atoms with Crippen LogP contribution >= 0.6 is 11.8 Å². The van der Waals surface area contributed by atoms with E-state index >= 15 is 0 Å². The number of rotatable bonds is 43. The van der Waals surface area contributed by atoms with Gasteiger partial charge in [0.05, 0.1) is 51.7 Å². The Morgan fingerprint density at radius 3 is 1.32 bits per heavy atom. The number of nitrogens with zero attached hydrogens (tertiary/aromatic N) is 1. The first-order chi connectivity index (χ1) is 47.9. The predicted octanol–water partition coefficient (Wildman–Crippen LogP) is -9.74. The number of amides is 3. The summed E-state index contributed by atoms with van der Waals surface area (Å²) in [6.07, 6.45) is -46.3. The molecule has 6 heterocycles. The van der Waals surface area contributed by atoms with Gasteiger partial charge in [-0.3, -0.25) is 24.1 Å². The van der Waals surface area contributed by atoms with Gasteiger partial charge in [-0.05, 0) is 25.7 Å². The van der Waals surface area contributed by atoms with Crippen LogP contribution in [-0.4, -0.2) is 387 Å². The maximum atomic E-state index is 13.8. The van der Waals surface area contributed by atoms with Gasteiger partial charge >= 0.3 is 12.0 Å². The number of thioether (sulfide) groups is 1. The lowest BCUT2D eigenvalue weighted by atomic mass is 9.94. The van der Waals surface area contributed by atoms with Gasteiger partial charge in [-0.1, -0.05) is 84.0 Å². The highest BCUT2D eigenvalue weighted by molar-refractivity contribution is 8.00. The summed E-state index contributed by atoms with van der Waals surface area (Å²) < 4.78 is 48.4. The molecule has 1 unspecified atom stereocenters. The lowest BCUT2D eigenvalue weighted by Crippen LogP contribution is -2.62. The standard InChI is InChI=1S/C62H106N2O36S/c1-2-3-4-5-6-7-8-9-10-11-12-13-16-29(39(72)46(79)51(84)44(77)37(70)27(67)21-92-58-55(88)49(82)42(75)32(99-58)23-94-60-53(86)47(80)40(73)30(19-65)97-60)96-35(69)18-15-14-17-34-36-26(25-101-34)63-62(91)64(36)57(90)52(85)45(78)38(71)28(68)22-93-59-56(89)50(83)43(76)33(100-59)24-95-61-54(87)48(81)41(74)31(20-66)98-61/h26-34,36-38,40-45,47-56,58-61,65-68,70-71,73-78,80-89H,2-25H2,1H3,(H,63,91)/t26-,27-,28-,29?,30-,31-,32-,33-,34-,36-,37-,38-,40-,41-,42-,43-,44+,45+,47+,48+,49+,50+,51-,52-,53-,54-,55-,56-,58+,59+,60+,61+/m1/s1. The zero-order chi connectivity index (χ0) is 74.7. The van der Waals surface area contributed by atoms with Gasteiger partial charge in [0.15, 0.2) is 37.4 Å². The van der Waals surface area contributed by atoms with E-state index in [0.29, 0.717) is 11.3 Å². The second-order valence-electron chi connectivity index (χ2n) is 26.5. The normalized spacial score (nSPS) is 36.5. The number of aliphatic hydroxyl groups is 22. The third-order valence-corrected chi connectivity index (χ3v) is 20.5. The Balaban J connectivity index is 0.986. The molecule has 101 heavy (non-hydrogen) atoms. The van der Waals surface area contributed by atoms with E-state index in [1.54, 1.807) is 0 Å². The van der Waals surface area contributed by atoms with Crippen LogP contribution in [-0.2, 0) is 61.8 Å². The topological polar surface area (TPSA) is 629 Å². The molecule has 0 radical (unpaired) electrons. The molecule has 38 nitrogen and oxygen atoms in total. The highest BCUT2D eigenvalue weighted by Crippen LogP contribution is 2.39. The van der Waals surface area contributed by atoms with Crippen molar-refractivity contribution in [3.05, 3.63) is 0 Å². The highest BCUT2D eigenvalue weighted by Gasteiger charge is 2.55. The van der Waals surface area contributed by atoms with Crippen molar-refractivity contribution in [1.29, 1.82) is 0 Å². The van der Waals surface area contributed by atoms with E-state index in [-0.39, 0.29) is 44.3 Å². The van der Waals surface area contributed by atoms with E-state index < -0.39 is 264 Å². The third-order valence-electron chi connectivity index (χ3n) is 19.0. The molecular weight excluding hydrogens is 1380 g/mol. The van der Waals surface area contributed by atoms with Gasteiger partial charge in [0.1, 0.15) is 140 Å². The fourth-order valence-electron chi connectivity index (χ4n) is 12.6. The number of ketones is 2. The fourth-order valence-corrected chi connectivity index (χ4v) is 14.2. The number of carbonyl (C=O) groups is 5. The van der Waals surface area contributed by atoms with Gasteiger partial charge in [-0.25, -0.2) is 4.79 Å². The lowest BCUT2D eigenvalue weighted by Gasteiger charge is -2.42. The molecule has 0 aromatic heterocycles. The predicted molar refractivity (Wildman–Crippen MR) is 336 cm³/mol. The van der Waals surface area contributed by atoms with E-state index in [1.807, 2.05) is 0 Å². The zero-order valence-electron chi connectivity index (χ0n) is 55.9. The molecule has 0 aromatic carbocycles. The SMILES string of the molecule is CCCCCCCCCCCCCCC(OC(=O)CCCC[C@H]1SC[C@H]2NC(=O)N(C(=O)[C@H](O)[C@@H](O)[C@H](O)[C@H](O)CO[C@H]3O[C@H](CO[C@H]4O[C@H](CO)[C@@H](O)[C@H](O)[C@H]4O)[C@@H](O)[C@H](O)[C@H]3O)[C@H]21)C(=O)C(=O)[C@H](O)[C@@H](O)[C@H](O)[C@H](O)CO[C@H]1O[C@H](CO[C@H]2O[C@H](CO)[C@@H](O)[C@H](O)[C@H]2O)[C@@H](O)[C@H](O)[C@H]1O. The highest BCUT2D eigenvalue weighted by atomic mass is 32.2. The number of hydrogen-bond acceptors (Lipinski definition) is 37. The number of esters is 1. The van der Waals surface area contributed by atoms with Crippen molar-refractivity contribution in [3.8, 4) is 0 Å². The summed E-state index contributed by atoms with van der Waals surface area (Å²) in [6, 6.07) is -2.60. The fraction of sp³-hybridized carbons (Fsp3) is 0.919. The quantitative estimate of drug-likeness (QED) is 0.0117. The average molecular weight is 1490 g/mol. The number of Topliss-reactive ketones (excluding diaryl/α,β-unsaturated/α-hetero) is 2. The van der Waals surface area contributed by atoms with Crippen molar-refractivity contribution in [2.75, 3.05) is 45.4 Å². The Morgan fingerprint density at radius 2 is 0.881 bits per heavy atom. The molecule has 0 bridgehead atoms. The number of fused-ring (bicyclic) bond motifs is 1. The van der Waals surface area contributed by atoms with E-state index in [2.05, 4.69) is 12.2 Å². The summed E-state index contributed by atoms with van der Waals surface area (Å²) >= 11 is 1.32. The van der Waals surface area contributed by atoms with Gasteiger partial charge in [-0.2, -0.15) is 11.8 Å². The number of aliphatic hydroxyl groups excluding tert-OH is 22. The summed E-state index contributed by atoms with van der Waals surface area (Å²) in [5, 5.41) is 233. The number of unbranched alkanes of at least 4 members (excludes halogenated alkanes) is 12. The molecule has 6 aliphatic heterocycles. The minimum atomic E-state index is -2.74. The van der Waals surface area contributed by atoms with Crippen molar-refractivity contribution >= 4 is 41.2 Å². The van der Waals surface area contributed by atoms with E-state index in [0.717, 1.165) is 51.4 Å². The van der Waals surface area contributed by atoms with Crippen molar-refractivity contribution in [1.82, 2.24) is 10.2 Å². The van der Waals surface area contributed by atoms with Gasteiger partial charge in [-0.15, -0.1) is 0 Å². The first-order valence-corrected chi connectivity index (χ1v) is 35.4. The maximum absolute atomic E-state index is 13.8.